The second-order valence-corrected chi connectivity index (χ2v) is 4.39. The van der Waals surface area contributed by atoms with Gasteiger partial charge in [0.25, 0.3) is 0 Å². The fourth-order valence-corrected chi connectivity index (χ4v) is 1.51. The summed E-state index contributed by atoms with van der Waals surface area (Å²) in [6, 6.07) is 7.72. The molecule has 0 aliphatic heterocycles. The van der Waals surface area contributed by atoms with E-state index in [2.05, 4.69) is 5.32 Å². The van der Waals surface area contributed by atoms with Crippen LogP contribution in [0.4, 0.5) is 0 Å². The second-order valence-electron chi connectivity index (χ2n) is 4.39. The Kier molecular flexibility index (Phi) is 6.22. The van der Waals surface area contributed by atoms with E-state index in [1.54, 1.807) is 0 Å². The van der Waals surface area contributed by atoms with Crippen LogP contribution in [0.3, 0.4) is 0 Å². The van der Waals surface area contributed by atoms with Crippen LogP contribution in [0.5, 0.6) is 5.75 Å². The predicted molar refractivity (Wildman–Crippen MR) is 70.6 cm³/mol. The van der Waals surface area contributed by atoms with Crippen LogP contribution in [-0.4, -0.2) is 30.3 Å². The SMILES string of the molecule is Cc1ccc(OCCC(=O)NC(C)CCO)cc1. The molecule has 0 fully saturated rings. The summed E-state index contributed by atoms with van der Waals surface area (Å²) in [5.41, 5.74) is 1.18. The van der Waals surface area contributed by atoms with E-state index in [4.69, 9.17) is 9.84 Å². The molecule has 0 saturated carbocycles. The van der Waals surface area contributed by atoms with Crippen molar-refractivity contribution in [3.05, 3.63) is 29.8 Å². The zero-order valence-electron chi connectivity index (χ0n) is 11.0. The molecule has 0 bridgehead atoms. The van der Waals surface area contributed by atoms with E-state index in [0.717, 1.165) is 5.75 Å². The van der Waals surface area contributed by atoms with Gasteiger partial charge in [-0.15, -0.1) is 0 Å². The third-order valence-electron chi connectivity index (χ3n) is 2.59. The molecule has 1 rings (SSSR count). The molecule has 0 radical (unpaired) electrons. The highest BCUT2D eigenvalue weighted by Gasteiger charge is 2.06. The number of carbonyl (C=O) groups is 1. The molecule has 1 aromatic carbocycles. The molecule has 2 N–H and O–H groups in total. The Balaban J connectivity index is 2.21. The van der Waals surface area contributed by atoms with Gasteiger partial charge in [0.15, 0.2) is 0 Å². The molecule has 1 aromatic rings. The number of aryl methyl sites for hydroxylation is 1. The lowest BCUT2D eigenvalue weighted by Gasteiger charge is -2.12. The van der Waals surface area contributed by atoms with Gasteiger partial charge in [-0.2, -0.15) is 0 Å². The normalized spacial score (nSPS) is 11.9. The van der Waals surface area contributed by atoms with Gasteiger partial charge in [0.05, 0.1) is 13.0 Å². The van der Waals surface area contributed by atoms with E-state index in [-0.39, 0.29) is 18.6 Å². The van der Waals surface area contributed by atoms with Crippen molar-refractivity contribution in [2.45, 2.75) is 32.7 Å². The number of aliphatic hydroxyl groups is 1. The lowest BCUT2D eigenvalue weighted by molar-refractivity contribution is -0.122. The highest BCUT2D eigenvalue weighted by molar-refractivity contribution is 5.76. The average Bonchev–Trinajstić information content (AvgIpc) is 2.32. The summed E-state index contributed by atoms with van der Waals surface area (Å²) < 4.78 is 5.46. The molecule has 0 aliphatic carbocycles. The summed E-state index contributed by atoms with van der Waals surface area (Å²) in [5.74, 6) is 0.722. The maximum atomic E-state index is 11.5. The largest absolute Gasteiger partial charge is 0.493 e. The van der Waals surface area contributed by atoms with E-state index in [9.17, 15) is 4.79 Å². The molecule has 0 heterocycles. The van der Waals surface area contributed by atoms with Crippen LogP contribution in [-0.2, 0) is 4.79 Å². The Labute approximate surface area is 108 Å². The van der Waals surface area contributed by atoms with Crippen LogP contribution in [0.15, 0.2) is 24.3 Å². The number of nitrogens with one attached hydrogen (secondary N) is 1. The summed E-state index contributed by atoms with van der Waals surface area (Å²) in [4.78, 5) is 11.5. The van der Waals surface area contributed by atoms with Gasteiger partial charge in [0.1, 0.15) is 5.75 Å². The van der Waals surface area contributed by atoms with Crippen molar-refractivity contribution in [1.29, 1.82) is 0 Å². The highest BCUT2D eigenvalue weighted by Crippen LogP contribution is 2.11. The van der Waals surface area contributed by atoms with Gasteiger partial charge in [0.2, 0.25) is 5.91 Å². The Morgan fingerprint density at radius 1 is 1.39 bits per heavy atom. The minimum atomic E-state index is -0.0527. The van der Waals surface area contributed by atoms with E-state index in [1.807, 2.05) is 38.1 Å². The number of benzene rings is 1. The van der Waals surface area contributed by atoms with Crippen molar-refractivity contribution < 1.29 is 14.6 Å². The first kappa shape index (κ1) is 14.5. The molecule has 0 aliphatic rings. The number of ether oxygens (including phenoxy) is 1. The van der Waals surface area contributed by atoms with E-state index < -0.39 is 0 Å². The van der Waals surface area contributed by atoms with Gasteiger partial charge in [-0.05, 0) is 32.4 Å². The fraction of sp³-hybridized carbons (Fsp3) is 0.500. The van der Waals surface area contributed by atoms with Crippen molar-refractivity contribution in [2.75, 3.05) is 13.2 Å². The summed E-state index contributed by atoms with van der Waals surface area (Å²) in [6.45, 7) is 4.33. The highest BCUT2D eigenvalue weighted by atomic mass is 16.5. The number of aliphatic hydroxyl groups excluding tert-OH is 1. The van der Waals surface area contributed by atoms with E-state index in [0.29, 0.717) is 19.4 Å². The molecule has 0 aromatic heterocycles. The zero-order chi connectivity index (χ0) is 13.4. The molecule has 100 valence electrons. The molecular weight excluding hydrogens is 230 g/mol. The molecule has 0 spiro atoms. The van der Waals surface area contributed by atoms with Gasteiger partial charge >= 0.3 is 0 Å². The Morgan fingerprint density at radius 3 is 2.67 bits per heavy atom. The number of amides is 1. The number of hydrogen-bond acceptors (Lipinski definition) is 3. The van der Waals surface area contributed by atoms with Crippen LogP contribution in [0, 0.1) is 6.92 Å². The van der Waals surface area contributed by atoms with Gasteiger partial charge < -0.3 is 15.2 Å². The molecule has 4 nitrogen and oxygen atoms in total. The Morgan fingerprint density at radius 2 is 2.06 bits per heavy atom. The summed E-state index contributed by atoms with van der Waals surface area (Å²) >= 11 is 0. The maximum absolute atomic E-state index is 11.5. The first-order valence-corrected chi connectivity index (χ1v) is 6.21. The summed E-state index contributed by atoms with van der Waals surface area (Å²) in [6.07, 6.45) is 0.897. The van der Waals surface area contributed by atoms with Crippen LogP contribution < -0.4 is 10.1 Å². The topological polar surface area (TPSA) is 58.6 Å². The minimum absolute atomic E-state index is 0.00174. The smallest absolute Gasteiger partial charge is 0.223 e. The van der Waals surface area contributed by atoms with Crippen molar-refractivity contribution in [3.8, 4) is 5.75 Å². The maximum Gasteiger partial charge on any atom is 0.223 e. The van der Waals surface area contributed by atoms with E-state index in [1.165, 1.54) is 5.56 Å². The van der Waals surface area contributed by atoms with Gasteiger partial charge in [-0.1, -0.05) is 17.7 Å². The number of rotatable bonds is 7. The predicted octanol–water partition coefficient (Wildman–Crippen LogP) is 1.65. The average molecular weight is 251 g/mol. The monoisotopic (exact) mass is 251 g/mol. The second kappa shape index (κ2) is 7.71. The van der Waals surface area contributed by atoms with Crippen molar-refractivity contribution in [2.24, 2.45) is 0 Å². The molecule has 4 heteroatoms. The van der Waals surface area contributed by atoms with Gasteiger partial charge in [-0.3, -0.25) is 4.79 Å². The standard InChI is InChI=1S/C14H21NO3/c1-11-3-5-13(6-4-11)18-10-8-14(17)15-12(2)7-9-16/h3-6,12,16H,7-10H2,1-2H3,(H,15,17). The first-order valence-electron chi connectivity index (χ1n) is 6.21. The van der Waals surface area contributed by atoms with Crippen LogP contribution in [0.25, 0.3) is 0 Å². The van der Waals surface area contributed by atoms with E-state index >= 15 is 0 Å². The summed E-state index contributed by atoms with van der Waals surface area (Å²) in [5, 5.41) is 11.5. The van der Waals surface area contributed by atoms with Gasteiger partial charge in [0, 0.05) is 12.6 Å². The van der Waals surface area contributed by atoms with Crippen molar-refractivity contribution in [3.63, 3.8) is 0 Å². The summed E-state index contributed by atoms with van der Waals surface area (Å²) in [7, 11) is 0. The van der Waals surface area contributed by atoms with Gasteiger partial charge in [-0.25, -0.2) is 0 Å². The number of hydrogen-bond donors (Lipinski definition) is 2. The molecule has 1 atom stereocenters. The molecule has 18 heavy (non-hydrogen) atoms. The Bertz CT molecular complexity index is 362. The quantitative estimate of drug-likeness (QED) is 0.774. The first-order chi connectivity index (χ1) is 8.61. The third kappa shape index (κ3) is 5.68. The Hall–Kier alpha value is -1.55. The molecule has 1 unspecified atom stereocenters. The van der Waals surface area contributed by atoms with Crippen molar-refractivity contribution >= 4 is 5.91 Å². The molecule has 0 saturated heterocycles. The molecular formula is C14H21NO3. The lowest BCUT2D eigenvalue weighted by Crippen LogP contribution is -2.33. The number of carbonyl (C=O) groups excluding carboxylic acids is 1. The molecule has 1 amide bonds. The fourth-order valence-electron chi connectivity index (χ4n) is 1.51. The zero-order valence-corrected chi connectivity index (χ0v) is 11.0. The van der Waals surface area contributed by atoms with Crippen LogP contribution in [0.2, 0.25) is 0 Å². The van der Waals surface area contributed by atoms with Crippen molar-refractivity contribution in [1.82, 2.24) is 5.32 Å². The third-order valence-corrected chi connectivity index (χ3v) is 2.59. The van der Waals surface area contributed by atoms with Crippen LogP contribution >= 0.6 is 0 Å². The minimum Gasteiger partial charge on any atom is -0.493 e. The lowest BCUT2D eigenvalue weighted by atomic mass is 10.2. The van der Waals surface area contributed by atoms with Crippen LogP contribution in [0.1, 0.15) is 25.3 Å².